The average Bonchev–Trinajstić information content (AvgIpc) is 2.34. The summed E-state index contributed by atoms with van der Waals surface area (Å²) in [5.41, 5.74) is 0.489. The minimum absolute atomic E-state index is 0.488. The largest absolute Gasteiger partial charge is 0.455 e. The van der Waals surface area contributed by atoms with Gasteiger partial charge in [0.15, 0.2) is 6.29 Å². The molecule has 0 atom stereocenters. The molecule has 0 aliphatic carbocycles. The summed E-state index contributed by atoms with van der Waals surface area (Å²) in [5, 5.41) is 0.494. The number of benzene rings is 2. The van der Waals surface area contributed by atoms with Crippen LogP contribution in [0.1, 0.15) is 10.4 Å². The summed E-state index contributed by atoms with van der Waals surface area (Å²) in [4.78, 5) is 10.8. The summed E-state index contributed by atoms with van der Waals surface area (Å²) in [6.07, 6.45) is 0.751. The highest BCUT2D eigenvalue weighted by Gasteiger charge is 2.07. The summed E-state index contributed by atoms with van der Waals surface area (Å²) >= 11 is 9.34. The number of hydrogen-bond acceptors (Lipinski definition) is 2. The van der Waals surface area contributed by atoms with E-state index in [9.17, 15) is 4.79 Å². The molecule has 2 aromatic rings. The van der Waals surface area contributed by atoms with Crippen LogP contribution >= 0.6 is 27.5 Å². The first-order valence-corrected chi connectivity index (χ1v) is 6.05. The quantitative estimate of drug-likeness (QED) is 0.768. The predicted octanol–water partition coefficient (Wildman–Crippen LogP) is 4.71. The lowest BCUT2D eigenvalue weighted by Gasteiger charge is -2.09. The summed E-state index contributed by atoms with van der Waals surface area (Å²) in [7, 11) is 0. The molecule has 2 rings (SSSR count). The standard InChI is InChI=1S/C13H8BrClO2/c14-10-5-6-11(15)13(7-10)17-12-4-2-1-3-9(12)8-16/h1-8H. The average molecular weight is 312 g/mol. The Morgan fingerprint density at radius 1 is 1.12 bits per heavy atom. The molecular formula is C13H8BrClO2. The van der Waals surface area contributed by atoms with E-state index in [1.54, 1.807) is 36.4 Å². The molecule has 0 saturated carbocycles. The maximum atomic E-state index is 10.8. The zero-order valence-corrected chi connectivity index (χ0v) is 11.0. The van der Waals surface area contributed by atoms with Crippen molar-refractivity contribution >= 4 is 33.8 Å². The third-order valence-corrected chi connectivity index (χ3v) is 2.96. The van der Waals surface area contributed by atoms with Gasteiger partial charge in [0.2, 0.25) is 0 Å². The van der Waals surface area contributed by atoms with Crippen LogP contribution in [0.3, 0.4) is 0 Å². The molecule has 0 aromatic heterocycles. The Bertz CT molecular complexity index is 555. The van der Waals surface area contributed by atoms with Gasteiger partial charge in [0.1, 0.15) is 11.5 Å². The Balaban J connectivity index is 2.37. The number of aldehydes is 1. The molecule has 0 unspecified atom stereocenters. The van der Waals surface area contributed by atoms with Gasteiger partial charge in [-0.15, -0.1) is 0 Å². The lowest BCUT2D eigenvalue weighted by atomic mass is 10.2. The van der Waals surface area contributed by atoms with Gasteiger partial charge in [0.25, 0.3) is 0 Å². The highest BCUT2D eigenvalue weighted by molar-refractivity contribution is 9.10. The fraction of sp³-hybridized carbons (Fsp3) is 0. The molecule has 17 heavy (non-hydrogen) atoms. The molecule has 0 heterocycles. The van der Waals surface area contributed by atoms with E-state index in [4.69, 9.17) is 16.3 Å². The first-order chi connectivity index (χ1) is 8.20. The van der Waals surface area contributed by atoms with E-state index in [0.717, 1.165) is 10.8 Å². The fourth-order valence-electron chi connectivity index (χ4n) is 1.34. The number of halogens is 2. The molecule has 0 aliphatic rings. The molecule has 0 spiro atoms. The van der Waals surface area contributed by atoms with Crippen molar-refractivity contribution in [1.82, 2.24) is 0 Å². The topological polar surface area (TPSA) is 26.3 Å². The molecule has 0 aliphatic heterocycles. The molecule has 86 valence electrons. The lowest BCUT2D eigenvalue weighted by molar-refractivity contribution is 0.112. The van der Waals surface area contributed by atoms with Crippen LogP contribution in [-0.2, 0) is 0 Å². The van der Waals surface area contributed by atoms with Gasteiger partial charge in [-0.2, -0.15) is 0 Å². The van der Waals surface area contributed by atoms with Gasteiger partial charge in [0, 0.05) is 4.47 Å². The second-order valence-corrected chi connectivity index (χ2v) is 4.66. The molecule has 0 bridgehead atoms. The third-order valence-electron chi connectivity index (χ3n) is 2.16. The number of ether oxygens (including phenoxy) is 1. The maximum Gasteiger partial charge on any atom is 0.153 e. The molecule has 0 N–H and O–H groups in total. The Kier molecular flexibility index (Phi) is 3.82. The zero-order chi connectivity index (χ0) is 12.3. The van der Waals surface area contributed by atoms with E-state index >= 15 is 0 Å². The smallest absolute Gasteiger partial charge is 0.153 e. The number of hydrogen-bond donors (Lipinski definition) is 0. The zero-order valence-electron chi connectivity index (χ0n) is 8.69. The summed E-state index contributed by atoms with van der Waals surface area (Å²) < 4.78 is 6.48. The fourth-order valence-corrected chi connectivity index (χ4v) is 1.84. The summed E-state index contributed by atoms with van der Waals surface area (Å²) in [6, 6.07) is 12.3. The van der Waals surface area contributed by atoms with Gasteiger partial charge in [-0.05, 0) is 30.3 Å². The molecule has 0 saturated heterocycles. The van der Waals surface area contributed by atoms with Crippen molar-refractivity contribution < 1.29 is 9.53 Å². The molecule has 2 aromatic carbocycles. The van der Waals surface area contributed by atoms with Crippen LogP contribution in [0.2, 0.25) is 5.02 Å². The highest BCUT2D eigenvalue weighted by Crippen LogP contribution is 2.32. The van der Waals surface area contributed by atoms with Crippen molar-refractivity contribution in [3.05, 3.63) is 57.5 Å². The Hall–Kier alpha value is -1.32. The Labute approximate surface area is 112 Å². The van der Waals surface area contributed by atoms with Gasteiger partial charge >= 0.3 is 0 Å². The number of rotatable bonds is 3. The van der Waals surface area contributed by atoms with Crippen LogP contribution in [0.15, 0.2) is 46.9 Å². The van der Waals surface area contributed by atoms with Gasteiger partial charge in [0.05, 0.1) is 10.6 Å². The van der Waals surface area contributed by atoms with Gasteiger partial charge < -0.3 is 4.74 Å². The van der Waals surface area contributed by atoms with E-state index in [-0.39, 0.29) is 0 Å². The molecule has 0 fully saturated rings. The van der Waals surface area contributed by atoms with Crippen molar-refractivity contribution in [1.29, 1.82) is 0 Å². The molecular weight excluding hydrogens is 303 g/mol. The first-order valence-electron chi connectivity index (χ1n) is 4.88. The van der Waals surface area contributed by atoms with E-state index in [2.05, 4.69) is 15.9 Å². The Morgan fingerprint density at radius 2 is 1.88 bits per heavy atom. The molecule has 4 heteroatoms. The molecule has 2 nitrogen and oxygen atoms in total. The lowest BCUT2D eigenvalue weighted by Crippen LogP contribution is -1.90. The monoisotopic (exact) mass is 310 g/mol. The van der Waals surface area contributed by atoms with Crippen LogP contribution in [0.25, 0.3) is 0 Å². The van der Waals surface area contributed by atoms with Gasteiger partial charge in [-0.25, -0.2) is 0 Å². The third kappa shape index (κ3) is 2.87. The summed E-state index contributed by atoms with van der Waals surface area (Å²) in [5.74, 6) is 0.998. The van der Waals surface area contributed by atoms with E-state index in [1.165, 1.54) is 0 Å². The van der Waals surface area contributed by atoms with Crippen LogP contribution in [-0.4, -0.2) is 6.29 Å². The van der Waals surface area contributed by atoms with Crippen molar-refractivity contribution in [2.24, 2.45) is 0 Å². The van der Waals surface area contributed by atoms with Gasteiger partial charge in [-0.3, -0.25) is 4.79 Å². The number of carbonyl (C=O) groups is 1. The van der Waals surface area contributed by atoms with Crippen LogP contribution in [0, 0.1) is 0 Å². The van der Waals surface area contributed by atoms with Crippen molar-refractivity contribution in [3.63, 3.8) is 0 Å². The maximum absolute atomic E-state index is 10.8. The minimum Gasteiger partial charge on any atom is -0.455 e. The van der Waals surface area contributed by atoms with Gasteiger partial charge in [-0.1, -0.05) is 39.7 Å². The second kappa shape index (κ2) is 5.34. The minimum atomic E-state index is 0.488. The number of carbonyl (C=O) groups excluding carboxylic acids is 1. The Morgan fingerprint density at radius 3 is 2.65 bits per heavy atom. The van der Waals surface area contributed by atoms with Crippen LogP contribution in [0.5, 0.6) is 11.5 Å². The van der Waals surface area contributed by atoms with Crippen LogP contribution in [0.4, 0.5) is 0 Å². The van der Waals surface area contributed by atoms with E-state index < -0.39 is 0 Å². The van der Waals surface area contributed by atoms with Crippen molar-refractivity contribution in [3.8, 4) is 11.5 Å². The summed E-state index contributed by atoms with van der Waals surface area (Å²) in [6.45, 7) is 0. The van der Waals surface area contributed by atoms with E-state index in [0.29, 0.717) is 22.1 Å². The molecule has 0 amide bonds. The SMILES string of the molecule is O=Cc1ccccc1Oc1cc(Br)ccc1Cl. The van der Waals surface area contributed by atoms with Crippen LogP contribution < -0.4 is 4.74 Å². The highest BCUT2D eigenvalue weighted by atomic mass is 79.9. The first kappa shape index (κ1) is 12.1. The second-order valence-electron chi connectivity index (χ2n) is 3.33. The normalized spacial score (nSPS) is 10.0. The van der Waals surface area contributed by atoms with Crippen molar-refractivity contribution in [2.45, 2.75) is 0 Å². The predicted molar refractivity (Wildman–Crippen MR) is 71.1 cm³/mol. The van der Waals surface area contributed by atoms with E-state index in [1.807, 2.05) is 6.07 Å². The number of para-hydroxylation sites is 1. The van der Waals surface area contributed by atoms with Crippen molar-refractivity contribution in [2.75, 3.05) is 0 Å². The molecule has 0 radical (unpaired) electrons.